The number of hydrogen-bond donors (Lipinski definition) is 1. The molecule has 1 amide bonds. The van der Waals surface area contributed by atoms with Crippen LogP contribution in [0.15, 0.2) is 36.4 Å². The van der Waals surface area contributed by atoms with E-state index in [1.165, 1.54) is 25.0 Å². The van der Waals surface area contributed by atoms with Crippen LogP contribution < -0.4 is 14.4 Å². The number of amides is 1. The van der Waals surface area contributed by atoms with Gasteiger partial charge in [-0.1, -0.05) is 34.8 Å². The number of benzene rings is 2. The van der Waals surface area contributed by atoms with Crippen molar-refractivity contribution in [1.29, 1.82) is 0 Å². The van der Waals surface area contributed by atoms with E-state index < -0.39 is 22.5 Å². The van der Waals surface area contributed by atoms with Gasteiger partial charge < -0.3 is 10.1 Å². The highest BCUT2D eigenvalue weighted by Crippen LogP contribution is 2.35. The lowest BCUT2D eigenvalue weighted by Gasteiger charge is -2.23. The second kappa shape index (κ2) is 9.64. The van der Waals surface area contributed by atoms with Gasteiger partial charge in [-0.15, -0.1) is 0 Å². The van der Waals surface area contributed by atoms with Crippen molar-refractivity contribution in [3.8, 4) is 5.75 Å². The number of anilines is 2. The van der Waals surface area contributed by atoms with Crippen LogP contribution in [0, 0.1) is 0 Å². The number of sulfonamides is 1. The van der Waals surface area contributed by atoms with E-state index in [1.807, 2.05) is 0 Å². The van der Waals surface area contributed by atoms with Crippen molar-refractivity contribution in [3.05, 3.63) is 51.5 Å². The summed E-state index contributed by atoms with van der Waals surface area (Å²) in [6.45, 7) is -0.475. The Bertz CT molecular complexity index is 1020. The standard InChI is InChI=1S/C20H21Cl3N2O4S/c1-30(27,28)25(19-11-17(22)16(21)10-18(19)23)12-20(26)24-13-6-8-15(9-7-13)29-14-4-2-3-5-14/h6-11,14H,2-5,12H2,1H3,(H,24,26). The highest BCUT2D eigenvalue weighted by atomic mass is 35.5. The molecule has 1 fully saturated rings. The number of carbonyl (C=O) groups is 1. The average Bonchev–Trinajstić information content (AvgIpc) is 3.17. The van der Waals surface area contributed by atoms with Crippen LogP contribution in [0.25, 0.3) is 0 Å². The maximum atomic E-state index is 12.5. The Balaban J connectivity index is 1.70. The third kappa shape index (κ3) is 5.94. The molecule has 6 nitrogen and oxygen atoms in total. The van der Waals surface area contributed by atoms with Crippen molar-refractivity contribution in [3.63, 3.8) is 0 Å². The van der Waals surface area contributed by atoms with Gasteiger partial charge in [0.1, 0.15) is 12.3 Å². The summed E-state index contributed by atoms with van der Waals surface area (Å²) < 4.78 is 31.3. The predicted molar refractivity (Wildman–Crippen MR) is 122 cm³/mol. The van der Waals surface area contributed by atoms with Crippen molar-refractivity contribution in [2.45, 2.75) is 31.8 Å². The van der Waals surface area contributed by atoms with Crippen LogP contribution in [0.4, 0.5) is 11.4 Å². The van der Waals surface area contributed by atoms with Gasteiger partial charge in [0.25, 0.3) is 0 Å². The second-order valence-corrected chi connectivity index (χ2v) is 10.2. The molecule has 0 heterocycles. The smallest absolute Gasteiger partial charge is 0.245 e. The van der Waals surface area contributed by atoms with E-state index in [1.54, 1.807) is 24.3 Å². The SMILES string of the molecule is CS(=O)(=O)N(CC(=O)Nc1ccc(OC2CCCC2)cc1)c1cc(Cl)c(Cl)cc1Cl. The van der Waals surface area contributed by atoms with Crippen molar-refractivity contribution in [1.82, 2.24) is 0 Å². The Labute approximate surface area is 191 Å². The largest absolute Gasteiger partial charge is 0.490 e. The number of hydrogen-bond acceptors (Lipinski definition) is 4. The highest BCUT2D eigenvalue weighted by Gasteiger charge is 2.24. The van der Waals surface area contributed by atoms with Gasteiger partial charge in [0.05, 0.1) is 33.1 Å². The van der Waals surface area contributed by atoms with Crippen molar-refractivity contribution in [2.24, 2.45) is 0 Å². The van der Waals surface area contributed by atoms with Gasteiger partial charge in [0.15, 0.2) is 0 Å². The summed E-state index contributed by atoms with van der Waals surface area (Å²) in [5.41, 5.74) is 0.594. The van der Waals surface area contributed by atoms with Gasteiger partial charge in [-0.05, 0) is 62.1 Å². The van der Waals surface area contributed by atoms with E-state index in [4.69, 9.17) is 39.5 Å². The summed E-state index contributed by atoms with van der Waals surface area (Å²) in [6.07, 6.45) is 5.68. The van der Waals surface area contributed by atoms with Gasteiger partial charge in [-0.25, -0.2) is 8.42 Å². The van der Waals surface area contributed by atoms with Gasteiger partial charge in [-0.3, -0.25) is 9.10 Å². The molecule has 0 spiro atoms. The van der Waals surface area contributed by atoms with E-state index in [-0.39, 0.29) is 26.9 Å². The van der Waals surface area contributed by atoms with Crippen molar-refractivity contribution in [2.75, 3.05) is 22.4 Å². The lowest BCUT2D eigenvalue weighted by atomic mass is 10.2. The van der Waals surface area contributed by atoms with Crippen LogP contribution in [-0.2, 0) is 14.8 Å². The van der Waals surface area contributed by atoms with Crippen molar-refractivity contribution < 1.29 is 17.9 Å². The summed E-state index contributed by atoms with van der Waals surface area (Å²) in [6, 6.07) is 9.62. The molecular weight excluding hydrogens is 471 g/mol. The number of ether oxygens (including phenoxy) is 1. The number of carbonyl (C=O) groups excluding carboxylic acids is 1. The fourth-order valence-corrected chi connectivity index (χ4v) is 4.78. The average molecular weight is 492 g/mol. The van der Waals surface area contributed by atoms with E-state index in [9.17, 15) is 13.2 Å². The molecule has 30 heavy (non-hydrogen) atoms. The number of rotatable bonds is 7. The molecule has 10 heteroatoms. The first kappa shape index (κ1) is 23.0. The van der Waals surface area contributed by atoms with Crippen LogP contribution >= 0.6 is 34.8 Å². The number of halogens is 3. The molecule has 1 N–H and O–H groups in total. The Morgan fingerprint density at radius 3 is 2.27 bits per heavy atom. The zero-order chi connectivity index (χ0) is 21.9. The monoisotopic (exact) mass is 490 g/mol. The summed E-state index contributed by atoms with van der Waals surface area (Å²) >= 11 is 18.0. The van der Waals surface area contributed by atoms with Crippen LogP contribution in [0.5, 0.6) is 5.75 Å². The topological polar surface area (TPSA) is 75.7 Å². The quantitative estimate of drug-likeness (QED) is 0.528. The molecule has 2 aromatic rings. The lowest BCUT2D eigenvalue weighted by molar-refractivity contribution is -0.114. The highest BCUT2D eigenvalue weighted by molar-refractivity contribution is 7.92. The molecule has 0 bridgehead atoms. The van der Waals surface area contributed by atoms with Crippen LogP contribution in [0.2, 0.25) is 15.1 Å². The number of nitrogens with one attached hydrogen (secondary N) is 1. The first-order valence-electron chi connectivity index (χ1n) is 9.32. The fraction of sp³-hybridized carbons (Fsp3) is 0.350. The third-order valence-corrected chi connectivity index (χ3v) is 6.84. The molecular formula is C20H21Cl3N2O4S. The summed E-state index contributed by atoms with van der Waals surface area (Å²) in [4.78, 5) is 12.5. The molecule has 3 rings (SSSR count). The van der Waals surface area contributed by atoms with Gasteiger partial charge in [-0.2, -0.15) is 0 Å². The maximum Gasteiger partial charge on any atom is 0.245 e. The second-order valence-electron chi connectivity index (χ2n) is 7.08. The normalized spacial score (nSPS) is 14.5. The minimum absolute atomic E-state index is 0.0658. The minimum Gasteiger partial charge on any atom is -0.490 e. The predicted octanol–water partition coefficient (Wildman–Crippen LogP) is 5.37. The lowest BCUT2D eigenvalue weighted by Crippen LogP contribution is -2.37. The molecule has 1 aliphatic carbocycles. The summed E-state index contributed by atoms with van der Waals surface area (Å²) in [7, 11) is -3.81. The maximum absolute atomic E-state index is 12.5. The van der Waals surface area contributed by atoms with Crippen LogP contribution in [0.1, 0.15) is 25.7 Å². The third-order valence-electron chi connectivity index (χ3n) is 4.69. The molecule has 0 saturated heterocycles. The Kier molecular flexibility index (Phi) is 7.39. The molecule has 162 valence electrons. The number of nitrogens with zero attached hydrogens (tertiary/aromatic N) is 1. The van der Waals surface area contributed by atoms with Crippen LogP contribution in [0.3, 0.4) is 0 Å². The van der Waals surface area contributed by atoms with E-state index >= 15 is 0 Å². The first-order chi connectivity index (χ1) is 14.1. The molecule has 0 radical (unpaired) electrons. The van der Waals surface area contributed by atoms with Crippen molar-refractivity contribution >= 4 is 62.1 Å². The molecule has 0 aliphatic heterocycles. The Morgan fingerprint density at radius 1 is 1.07 bits per heavy atom. The summed E-state index contributed by atoms with van der Waals surface area (Å²) in [5, 5.41) is 3.05. The van der Waals surface area contributed by atoms with E-state index in [2.05, 4.69) is 5.32 Å². The molecule has 0 unspecified atom stereocenters. The molecule has 1 saturated carbocycles. The Hall–Kier alpha value is -1.67. The minimum atomic E-state index is -3.81. The van der Waals surface area contributed by atoms with Gasteiger partial charge >= 0.3 is 0 Å². The van der Waals surface area contributed by atoms with Gasteiger partial charge in [0, 0.05) is 5.69 Å². The first-order valence-corrected chi connectivity index (χ1v) is 12.3. The molecule has 2 aromatic carbocycles. The van der Waals surface area contributed by atoms with E-state index in [0.717, 1.165) is 29.2 Å². The Morgan fingerprint density at radius 2 is 1.67 bits per heavy atom. The molecule has 0 atom stereocenters. The zero-order valence-electron chi connectivity index (χ0n) is 16.2. The summed E-state index contributed by atoms with van der Waals surface area (Å²) in [5.74, 6) is 0.201. The van der Waals surface area contributed by atoms with Crippen LogP contribution in [-0.4, -0.2) is 33.2 Å². The molecule has 0 aromatic heterocycles. The fourth-order valence-electron chi connectivity index (χ4n) is 3.23. The molecule has 1 aliphatic rings. The van der Waals surface area contributed by atoms with Gasteiger partial charge in [0.2, 0.25) is 15.9 Å². The zero-order valence-corrected chi connectivity index (χ0v) is 19.3. The van der Waals surface area contributed by atoms with E-state index in [0.29, 0.717) is 5.69 Å².